The summed E-state index contributed by atoms with van der Waals surface area (Å²) in [6.07, 6.45) is 5.85. The number of aliphatic carboxylic acids is 1. The summed E-state index contributed by atoms with van der Waals surface area (Å²) >= 11 is 0. The van der Waals surface area contributed by atoms with Crippen molar-refractivity contribution < 1.29 is 9.90 Å². The van der Waals surface area contributed by atoms with Crippen molar-refractivity contribution in [3.63, 3.8) is 0 Å². The minimum Gasteiger partial charge on any atom is -0.481 e. The van der Waals surface area contributed by atoms with Gasteiger partial charge in [0.25, 0.3) is 0 Å². The Kier molecular flexibility index (Phi) is 5.30. The van der Waals surface area contributed by atoms with Crippen molar-refractivity contribution >= 4 is 5.97 Å². The molecule has 0 saturated carbocycles. The van der Waals surface area contributed by atoms with Crippen molar-refractivity contribution in [1.82, 2.24) is 14.9 Å². The van der Waals surface area contributed by atoms with Gasteiger partial charge in [-0.15, -0.1) is 0 Å². The fraction of sp³-hybridized carbons (Fsp3) is 0.474. The minimum absolute atomic E-state index is 0.361. The number of hydrogen-bond donors (Lipinski definition) is 2. The van der Waals surface area contributed by atoms with Crippen LogP contribution in [0.3, 0.4) is 0 Å². The number of para-hydroxylation sites is 1. The average Bonchev–Trinajstić information content (AvgIpc) is 3.01. The van der Waals surface area contributed by atoms with E-state index in [4.69, 9.17) is 0 Å². The highest BCUT2D eigenvalue weighted by atomic mass is 16.4. The van der Waals surface area contributed by atoms with Crippen LogP contribution in [-0.2, 0) is 24.1 Å². The van der Waals surface area contributed by atoms with Crippen molar-refractivity contribution in [2.24, 2.45) is 5.92 Å². The average molecular weight is 327 g/mol. The summed E-state index contributed by atoms with van der Waals surface area (Å²) in [4.78, 5) is 16.1. The van der Waals surface area contributed by atoms with Crippen molar-refractivity contribution in [2.75, 3.05) is 13.1 Å². The molecule has 1 aromatic heterocycles. The molecule has 0 radical (unpaired) electrons. The van der Waals surface area contributed by atoms with Crippen molar-refractivity contribution in [2.45, 2.75) is 39.0 Å². The van der Waals surface area contributed by atoms with Gasteiger partial charge >= 0.3 is 5.97 Å². The maximum Gasteiger partial charge on any atom is 0.306 e. The molecule has 0 spiro atoms. The van der Waals surface area contributed by atoms with Crippen LogP contribution in [0.4, 0.5) is 0 Å². The number of hydrogen-bond acceptors (Lipinski definition) is 3. The molecule has 0 amide bonds. The maximum atomic E-state index is 11.6. The predicted octanol–water partition coefficient (Wildman–Crippen LogP) is 2.60. The van der Waals surface area contributed by atoms with Gasteiger partial charge in [-0.25, -0.2) is 4.98 Å². The van der Waals surface area contributed by atoms with E-state index in [0.29, 0.717) is 12.8 Å². The summed E-state index contributed by atoms with van der Waals surface area (Å²) in [5.74, 6) is -1.08. The number of rotatable bonds is 8. The topological polar surface area (TPSA) is 67.2 Å². The quantitative estimate of drug-likeness (QED) is 0.731. The molecular formula is C19H25N3O2. The van der Waals surface area contributed by atoms with Crippen LogP contribution in [0.2, 0.25) is 0 Å². The van der Waals surface area contributed by atoms with Crippen LogP contribution in [0, 0.1) is 5.92 Å². The van der Waals surface area contributed by atoms with Crippen molar-refractivity contribution in [1.29, 1.82) is 0 Å². The first-order valence-electron chi connectivity index (χ1n) is 8.77. The van der Waals surface area contributed by atoms with Crippen LogP contribution >= 0.6 is 0 Å². The fourth-order valence-corrected chi connectivity index (χ4v) is 3.46. The molecule has 2 heterocycles. The fourth-order valence-electron chi connectivity index (χ4n) is 3.46. The number of fused-ring (bicyclic) bond motifs is 3. The second-order valence-corrected chi connectivity index (χ2v) is 6.37. The number of aromatic nitrogens is 2. The van der Waals surface area contributed by atoms with E-state index in [0.717, 1.165) is 38.0 Å². The largest absolute Gasteiger partial charge is 0.481 e. The van der Waals surface area contributed by atoms with Gasteiger partial charge in [0.1, 0.15) is 0 Å². The summed E-state index contributed by atoms with van der Waals surface area (Å²) < 4.78 is 2.13. The molecule has 24 heavy (non-hydrogen) atoms. The maximum absolute atomic E-state index is 11.6. The van der Waals surface area contributed by atoms with Crippen molar-refractivity contribution in [3.8, 4) is 5.69 Å². The molecule has 0 aliphatic carbocycles. The molecule has 5 nitrogen and oxygen atoms in total. The number of carboxylic acid groups (broad SMARTS) is 1. The number of carboxylic acids is 1. The molecule has 2 N–H and O–H groups in total. The SMILES string of the molecule is CCNCCC[C@@H](Cc1ncn2c1CCc1ccccc1-2)C(=O)O. The number of imidazole rings is 1. The van der Waals surface area contributed by atoms with Gasteiger partial charge in [0.2, 0.25) is 0 Å². The van der Waals surface area contributed by atoms with Gasteiger partial charge < -0.3 is 15.0 Å². The number of nitrogens with one attached hydrogen (secondary N) is 1. The standard InChI is InChI=1S/C19H25N3O2/c1-2-20-11-5-7-15(19(23)24)12-16-18-10-9-14-6-3-4-8-17(14)22(18)13-21-16/h3-4,6,8,13,15,20H,2,5,7,9-12H2,1H3,(H,23,24)/t15-/m0/s1. The van der Waals surface area contributed by atoms with Gasteiger partial charge in [-0.05, 0) is 50.4 Å². The molecule has 1 aliphatic heterocycles. The van der Waals surface area contributed by atoms with E-state index in [2.05, 4.69) is 40.0 Å². The van der Waals surface area contributed by atoms with Gasteiger partial charge in [-0.2, -0.15) is 0 Å². The molecule has 1 aliphatic rings. The third-order valence-corrected chi connectivity index (χ3v) is 4.78. The number of benzene rings is 1. The lowest BCUT2D eigenvalue weighted by Crippen LogP contribution is -2.21. The van der Waals surface area contributed by atoms with Gasteiger partial charge in [0, 0.05) is 17.8 Å². The first kappa shape index (κ1) is 16.7. The Morgan fingerprint density at radius 3 is 3.00 bits per heavy atom. The van der Waals surface area contributed by atoms with Crippen LogP contribution in [0.1, 0.15) is 36.7 Å². The Morgan fingerprint density at radius 2 is 2.21 bits per heavy atom. The smallest absolute Gasteiger partial charge is 0.306 e. The zero-order valence-corrected chi connectivity index (χ0v) is 14.2. The van der Waals surface area contributed by atoms with Gasteiger partial charge in [-0.3, -0.25) is 4.79 Å². The summed E-state index contributed by atoms with van der Waals surface area (Å²) in [6, 6.07) is 8.36. The predicted molar refractivity (Wildman–Crippen MR) is 93.6 cm³/mol. The second-order valence-electron chi connectivity index (χ2n) is 6.37. The van der Waals surface area contributed by atoms with Crippen LogP contribution in [-0.4, -0.2) is 33.7 Å². The number of nitrogens with zero attached hydrogens (tertiary/aromatic N) is 2. The molecule has 0 bridgehead atoms. The molecule has 3 rings (SSSR count). The minimum atomic E-state index is -0.718. The van der Waals surface area contributed by atoms with E-state index in [1.165, 1.54) is 16.9 Å². The number of aryl methyl sites for hydroxylation is 1. The van der Waals surface area contributed by atoms with Gasteiger partial charge in [0.15, 0.2) is 0 Å². The molecule has 0 unspecified atom stereocenters. The number of carbonyl (C=O) groups is 1. The molecular weight excluding hydrogens is 302 g/mol. The van der Waals surface area contributed by atoms with Crippen LogP contribution in [0.5, 0.6) is 0 Å². The van der Waals surface area contributed by atoms with E-state index in [9.17, 15) is 9.90 Å². The van der Waals surface area contributed by atoms with Gasteiger partial charge in [0.05, 0.1) is 17.9 Å². The molecule has 0 saturated heterocycles. The summed E-state index contributed by atoms with van der Waals surface area (Å²) in [5, 5.41) is 12.8. The monoisotopic (exact) mass is 327 g/mol. The van der Waals surface area contributed by atoms with Crippen LogP contribution in [0.15, 0.2) is 30.6 Å². The second kappa shape index (κ2) is 7.62. The highest BCUT2D eigenvalue weighted by molar-refractivity contribution is 5.70. The van der Waals surface area contributed by atoms with E-state index in [1.807, 2.05) is 12.4 Å². The Bertz CT molecular complexity index is 708. The van der Waals surface area contributed by atoms with E-state index < -0.39 is 5.97 Å². The normalized spacial score (nSPS) is 14.0. The molecule has 0 fully saturated rings. The van der Waals surface area contributed by atoms with E-state index in [-0.39, 0.29) is 5.92 Å². The van der Waals surface area contributed by atoms with Gasteiger partial charge in [-0.1, -0.05) is 25.1 Å². The zero-order valence-electron chi connectivity index (χ0n) is 14.2. The Labute approximate surface area is 142 Å². The summed E-state index contributed by atoms with van der Waals surface area (Å²) in [6.45, 7) is 3.85. The lowest BCUT2D eigenvalue weighted by molar-refractivity contribution is -0.142. The van der Waals surface area contributed by atoms with E-state index in [1.54, 1.807) is 0 Å². The summed E-state index contributed by atoms with van der Waals surface area (Å²) in [7, 11) is 0. The summed E-state index contributed by atoms with van der Waals surface area (Å²) in [5.41, 5.74) is 4.62. The molecule has 1 atom stereocenters. The van der Waals surface area contributed by atoms with Crippen LogP contribution < -0.4 is 5.32 Å². The highest BCUT2D eigenvalue weighted by Crippen LogP contribution is 2.27. The first-order chi connectivity index (χ1) is 11.7. The van der Waals surface area contributed by atoms with Crippen molar-refractivity contribution in [3.05, 3.63) is 47.5 Å². The molecule has 5 heteroatoms. The highest BCUT2D eigenvalue weighted by Gasteiger charge is 2.24. The molecule has 128 valence electrons. The Balaban J connectivity index is 1.74. The third-order valence-electron chi connectivity index (χ3n) is 4.78. The Hall–Kier alpha value is -2.14. The molecule has 1 aromatic carbocycles. The van der Waals surface area contributed by atoms with Crippen LogP contribution in [0.25, 0.3) is 5.69 Å². The van der Waals surface area contributed by atoms with E-state index >= 15 is 0 Å². The third kappa shape index (κ3) is 3.51. The molecule has 2 aromatic rings. The first-order valence-corrected chi connectivity index (χ1v) is 8.77. The lowest BCUT2D eigenvalue weighted by Gasteiger charge is -2.20. The lowest BCUT2D eigenvalue weighted by atomic mass is 9.94. The zero-order chi connectivity index (χ0) is 16.9. The Morgan fingerprint density at radius 1 is 1.38 bits per heavy atom.